The molecule has 2 heteroatoms. The van der Waals surface area contributed by atoms with Crippen molar-refractivity contribution >= 4 is 0 Å². The lowest BCUT2D eigenvalue weighted by atomic mass is 9.82. The van der Waals surface area contributed by atoms with Crippen molar-refractivity contribution in [1.82, 2.24) is 4.90 Å². The molecule has 1 aliphatic carbocycles. The van der Waals surface area contributed by atoms with Gasteiger partial charge in [0.15, 0.2) is 0 Å². The molecule has 100 valence electrons. The molecular weight excluding hydrogens is 210 g/mol. The minimum atomic E-state index is -0.108. The van der Waals surface area contributed by atoms with Gasteiger partial charge in [0.2, 0.25) is 0 Å². The quantitative estimate of drug-likeness (QED) is 0.814. The zero-order chi connectivity index (χ0) is 12.3. The maximum Gasteiger partial charge on any atom is 0.0726 e. The molecule has 0 bridgehead atoms. The molecule has 1 atom stereocenters. The number of hydrogen-bond acceptors (Lipinski definition) is 2. The lowest BCUT2D eigenvalue weighted by Gasteiger charge is -2.47. The Morgan fingerprint density at radius 3 is 2.12 bits per heavy atom. The molecule has 2 fully saturated rings. The molecule has 2 rings (SSSR count). The standard InChI is InChI=1S/C15H29NO/c1-13(2)12-14(17)15(8-4-5-9-15)16-10-6-3-7-11-16/h13-14,17H,3-12H2,1-2H3. The van der Waals surface area contributed by atoms with Crippen LogP contribution in [0.3, 0.4) is 0 Å². The van der Waals surface area contributed by atoms with E-state index >= 15 is 0 Å². The first kappa shape index (κ1) is 13.4. The van der Waals surface area contributed by atoms with Crippen LogP contribution in [0.2, 0.25) is 0 Å². The van der Waals surface area contributed by atoms with Crippen LogP contribution in [-0.2, 0) is 0 Å². The van der Waals surface area contributed by atoms with E-state index in [1.54, 1.807) is 0 Å². The summed E-state index contributed by atoms with van der Waals surface area (Å²) in [6.07, 6.45) is 9.97. The van der Waals surface area contributed by atoms with Crippen LogP contribution in [0.25, 0.3) is 0 Å². The van der Waals surface area contributed by atoms with E-state index in [4.69, 9.17) is 0 Å². The summed E-state index contributed by atoms with van der Waals surface area (Å²) >= 11 is 0. The van der Waals surface area contributed by atoms with Gasteiger partial charge in [-0.05, 0) is 51.1 Å². The fraction of sp³-hybridized carbons (Fsp3) is 1.00. The van der Waals surface area contributed by atoms with Crippen LogP contribution >= 0.6 is 0 Å². The van der Waals surface area contributed by atoms with Crippen molar-refractivity contribution < 1.29 is 5.11 Å². The monoisotopic (exact) mass is 239 g/mol. The summed E-state index contributed by atoms with van der Waals surface area (Å²) in [7, 11) is 0. The molecule has 1 N–H and O–H groups in total. The molecule has 0 aromatic heterocycles. The summed E-state index contributed by atoms with van der Waals surface area (Å²) in [5, 5.41) is 10.7. The molecular formula is C15H29NO. The minimum Gasteiger partial charge on any atom is -0.391 e. The SMILES string of the molecule is CC(C)CC(O)C1(N2CCCCC2)CCCC1. The number of nitrogens with zero attached hydrogens (tertiary/aromatic N) is 1. The third-order valence-corrected chi connectivity index (χ3v) is 4.77. The Kier molecular flexibility index (Phi) is 4.48. The molecule has 0 aromatic rings. The van der Waals surface area contributed by atoms with E-state index in [9.17, 15) is 5.11 Å². The lowest BCUT2D eigenvalue weighted by Crippen LogP contribution is -2.56. The van der Waals surface area contributed by atoms with Crippen molar-refractivity contribution in [2.75, 3.05) is 13.1 Å². The second-order valence-electron chi connectivity index (χ2n) is 6.50. The summed E-state index contributed by atoms with van der Waals surface area (Å²) in [5.41, 5.74) is 0.144. The summed E-state index contributed by atoms with van der Waals surface area (Å²) in [6, 6.07) is 0. The predicted octanol–water partition coefficient (Wildman–Crippen LogP) is 3.19. The largest absolute Gasteiger partial charge is 0.391 e. The van der Waals surface area contributed by atoms with E-state index in [1.807, 2.05) is 0 Å². The van der Waals surface area contributed by atoms with Crippen molar-refractivity contribution in [3.63, 3.8) is 0 Å². The highest BCUT2D eigenvalue weighted by molar-refractivity contribution is 5.01. The highest BCUT2D eigenvalue weighted by Gasteiger charge is 2.45. The maximum absolute atomic E-state index is 10.7. The van der Waals surface area contributed by atoms with Crippen LogP contribution in [0.1, 0.15) is 65.2 Å². The molecule has 2 nitrogen and oxygen atoms in total. The second-order valence-corrected chi connectivity index (χ2v) is 6.50. The Morgan fingerprint density at radius 2 is 1.59 bits per heavy atom. The van der Waals surface area contributed by atoms with E-state index < -0.39 is 0 Å². The molecule has 1 unspecified atom stereocenters. The van der Waals surface area contributed by atoms with Gasteiger partial charge in [-0.2, -0.15) is 0 Å². The van der Waals surface area contributed by atoms with Gasteiger partial charge in [0, 0.05) is 5.54 Å². The molecule has 0 aromatic carbocycles. The molecule has 1 heterocycles. The molecule has 1 saturated carbocycles. The van der Waals surface area contributed by atoms with Gasteiger partial charge < -0.3 is 5.11 Å². The number of likely N-dealkylation sites (tertiary alicyclic amines) is 1. The van der Waals surface area contributed by atoms with Crippen LogP contribution in [0.15, 0.2) is 0 Å². The molecule has 0 spiro atoms. The highest BCUT2D eigenvalue weighted by Crippen LogP contribution is 2.41. The summed E-state index contributed by atoms with van der Waals surface area (Å²) in [5.74, 6) is 0.604. The molecule has 1 aliphatic heterocycles. The molecule has 0 radical (unpaired) electrons. The Labute approximate surface area is 106 Å². The van der Waals surface area contributed by atoms with Crippen molar-refractivity contribution in [2.45, 2.75) is 76.9 Å². The number of piperidine rings is 1. The van der Waals surface area contributed by atoms with Crippen LogP contribution in [-0.4, -0.2) is 34.7 Å². The van der Waals surface area contributed by atoms with Crippen LogP contribution in [0.5, 0.6) is 0 Å². The number of hydrogen-bond donors (Lipinski definition) is 1. The van der Waals surface area contributed by atoms with E-state index in [0.717, 1.165) is 6.42 Å². The first-order valence-electron chi connectivity index (χ1n) is 7.58. The average Bonchev–Trinajstić information content (AvgIpc) is 2.79. The van der Waals surface area contributed by atoms with Gasteiger partial charge in [0.1, 0.15) is 0 Å². The summed E-state index contributed by atoms with van der Waals surface area (Å²) in [4.78, 5) is 2.64. The second kappa shape index (κ2) is 5.71. The fourth-order valence-corrected chi connectivity index (χ4v) is 3.85. The van der Waals surface area contributed by atoms with Gasteiger partial charge in [0.25, 0.3) is 0 Å². The van der Waals surface area contributed by atoms with Crippen molar-refractivity contribution in [2.24, 2.45) is 5.92 Å². The molecule has 2 aliphatic rings. The summed E-state index contributed by atoms with van der Waals surface area (Å²) in [6.45, 7) is 6.88. The number of rotatable bonds is 4. The smallest absolute Gasteiger partial charge is 0.0726 e. The Morgan fingerprint density at radius 1 is 1.00 bits per heavy atom. The first-order chi connectivity index (χ1) is 8.15. The maximum atomic E-state index is 10.7. The van der Waals surface area contributed by atoms with Crippen molar-refractivity contribution in [3.8, 4) is 0 Å². The van der Waals surface area contributed by atoms with E-state index in [1.165, 1.54) is 58.0 Å². The third-order valence-electron chi connectivity index (χ3n) is 4.77. The van der Waals surface area contributed by atoms with Gasteiger partial charge in [-0.15, -0.1) is 0 Å². The van der Waals surface area contributed by atoms with E-state index in [0.29, 0.717) is 5.92 Å². The lowest BCUT2D eigenvalue weighted by molar-refractivity contribution is -0.0470. The molecule has 17 heavy (non-hydrogen) atoms. The average molecular weight is 239 g/mol. The van der Waals surface area contributed by atoms with Crippen LogP contribution in [0.4, 0.5) is 0 Å². The highest BCUT2D eigenvalue weighted by atomic mass is 16.3. The zero-order valence-electron chi connectivity index (χ0n) is 11.6. The van der Waals surface area contributed by atoms with Crippen LogP contribution < -0.4 is 0 Å². The zero-order valence-corrected chi connectivity index (χ0v) is 11.6. The number of aliphatic hydroxyl groups is 1. The Hall–Kier alpha value is -0.0800. The van der Waals surface area contributed by atoms with Gasteiger partial charge in [-0.3, -0.25) is 4.90 Å². The summed E-state index contributed by atoms with van der Waals surface area (Å²) < 4.78 is 0. The fourth-order valence-electron chi connectivity index (χ4n) is 3.85. The third kappa shape index (κ3) is 2.85. The van der Waals surface area contributed by atoms with Gasteiger partial charge >= 0.3 is 0 Å². The van der Waals surface area contributed by atoms with Crippen LogP contribution in [0, 0.1) is 5.92 Å². The first-order valence-corrected chi connectivity index (χ1v) is 7.58. The predicted molar refractivity (Wildman–Crippen MR) is 72.1 cm³/mol. The van der Waals surface area contributed by atoms with Crippen molar-refractivity contribution in [1.29, 1.82) is 0 Å². The Bertz CT molecular complexity index is 227. The van der Waals surface area contributed by atoms with E-state index in [-0.39, 0.29) is 11.6 Å². The minimum absolute atomic E-state index is 0.108. The molecule has 0 amide bonds. The van der Waals surface area contributed by atoms with Crippen molar-refractivity contribution in [3.05, 3.63) is 0 Å². The van der Waals surface area contributed by atoms with Gasteiger partial charge in [-0.25, -0.2) is 0 Å². The van der Waals surface area contributed by atoms with Gasteiger partial charge in [0.05, 0.1) is 6.10 Å². The Balaban J connectivity index is 2.07. The van der Waals surface area contributed by atoms with E-state index in [2.05, 4.69) is 18.7 Å². The van der Waals surface area contributed by atoms with Gasteiger partial charge in [-0.1, -0.05) is 33.1 Å². The molecule has 1 saturated heterocycles. The normalized spacial score (nSPS) is 27.5. The topological polar surface area (TPSA) is 23.5 Å². The number of aliphatic hydroxyl groups excluding tert-OH is 1.